The summed E-state index contributed by atoms with van der Waals surface area (Å²) in [5.74, 6) is 1.97. The molecule has 0 aliphatic carbocycles. The number of piperidine rings is 1. The minimum absolute atomic E-state index is 0. The number of amides is 1. The van der Waals surface area contributed by atoms with E-state index in [-0.39, 0.29) is 18.3 Å². The highest BCUT2D eigenvalue weighted by Gasteiger charge is 2.22. The van der Waals surface area contributed by atoms with E-state index in [1.54, 1.807) is 6.20 Å². The van der Waals surface area contributed by atoms with Gasteiger partial charge in [0.15, 0.2) is 0 Å². The maximum Gasteiger partial charge on any atom is 0.225 e. The molecular weight excluding hydrogens is 300 g/mol. The first-order valence-corrected chi connectivity index (χ1v) is 8.23. The van der Waals surface area contributed by atoms with Crippen LogP contribution in [-0.4, -0.2) is 28.8 Å². The van der Waals surface area contributed by atoms with Gasteiger partial charge in [-0.3, -0.25) is 4.79 Å². The number of carbonyl (C=O) groups is 1. The Kier molecular flexibility index (Phi) is 8.49. The molecule has 1 aromatic heterocycles. The average molecular weight is 329 g/mol. The van der Waals surface area contributed by atoms with E-state index in [1.165, 1.54) is 12.8 Å². The SMILES string of the molecule is CCCCn1nccc1NC(=O)CC(C)C1CCCNC1.Cl. The number of halogens is 1. The Morgan fingerprint density at radius 1 is 1.59 bits per heavy atom. The number of rotatable bonds is 7. The Balaban J connectivity index is 0.00000242. The number of anilines is 1. The number of hydrogen-bond acceptors (Lipinski definition) is 3. The smallest absolute Gasteiger partial charge is 0.225 e. The van der Waals surface area contributed by atoms with Crippen molar-refractivity contribution in [2.75, 3.05) is 18.4 Å². The first-order chi connectivity index (χ1) is 10.2. The molecular formula is C16H29ClN4O. The predicted molar refractivity (Wildman–Crippen MR) is 92.4 cm³/mol. The van der Waals surface area contributed by atoms with Crippen LogP contribution in [0.1, 0.15) is 46.0 Å². The zero-order valence-corrected chi connectivity index (χ0v) is 14.5. The molecule has 0 radical (unpaired) electrons. The Bertz CT molecular complexity index is 443. The van der Waals surface area contributed by atoms with Crippen molar-refractivity contribution in [2.24, 2.45) is 11.8 Å². The lowest BCUT2D eigenvalue weighted by molar-refractivity contribution is -0.117. The van der Waals surface area contributed by atoms with Crippen LogP contribution in [0.5, 0.6) is 0 Å². The summed E-state index contributed by atoms with van der Waals surface area (Å²) in [4.78, 5) is 12.2. The number of nitrogens with one attached hydrogen (secondary N) is 2. The summed E-state index contributed by atoms with van der Waals surface area (Å²) in [6.45, 7) is 7.36. The minimum atomic E-state index is 0. The highest BCUT2D eigenvalue weighted by Crippen LogP contribution is 2.23. The topological polar surface area (TPSA) is 59.0 Å². The molecule has 1 saturated heterocycles. The van der Waals surface area contributed by atoms with E-state index >= 15 is 0 Å². The van der Waals surface area contributed by atoms with E-state index in [1.807, 2.05) is 10.7 Å². The zero-order chi connectivity index (χ0) is 15.1. The van der Waals surface area contributed by atoms with Gasteiger partial charge < -0.3 is 10.6 Å². The molecule has 2 atom stereocenters. The van der Waals surface area contributed by atoms with Gasteiger partial charge in [-0.15, -0.1) is 12.4 Å². The lowest BCUT2D eigenvalue weighted by atomic mass is 9.85. The molecule has 1 amide bonds. The van der Waals surface area contributed by atoms with Crippen molar-refractivity contribution in [3.63, 3.8) is 0 Å². The maximum atomic E-state index is 12.2. The summed E-state index contributed by atoms with van der Waals surface area (Å²) in [6, 6.07) is 1.88. The van der Waals surface area contributed by atoms with Crippen molar-refractivity contribution < 1.29 is 4.79 Å². The van der Waals surface area contributed by atoms with Gasteiger partial charge in [-0.25, -0.2) is 4.68 Å². The molecule has 22 heavy (non-hydrogen) atoms. The van der Waals surface area contributed by atoms with E-state index < -0.39 is 0 Å². The van der Waals surface area contributed by atoms with E-state index in [0.29, 0.717) is 18.3 Å². The van der Waals surface area contributed by atoms with Crippen molar-refractivity contribution in [3.05, 3.63) is 12.3 Å². The van der Waals surface area contributed by atoms with Gasteiger partial charge in [-0.1, -0.05) is 20.3 Å². The van der Waals surface area contributed by atoms with Gasteiger partial charge in [0, 0.05) is 19.0 Å². The van der Waals surface area contributed by atoms with Gasteiger partial charge in [0.25, 0.3) is 0 Å². The zero-order valence-electron chi connectivity index (χ0n) is 13.7. The van der Waals surface area contributed by atoms with Gasteiger partial charge in [-0.2, -0.15) is 5.10 Å². The largest absolute Gasteiger partial charge is 0.316 e. The Morgan fingerprint density at radius 3 is 3.09 bits per heavy atom. The molecule has 2 unspecified atom stereocenters. The standard InChI is InChI=1S/C16H28N4O.ClH/c1-3-4-10-20-15(7-9-18-20)19-16(21)11-13(2)14-6-5-8-17-12-14;/h7,9,13-14,17H,3-6,8,10-12H2,1-2H3,(H,19,21);1H. The van der Waals surface area contributed by atoms with Crippen LogP contribution in [0.3, 0.4) is 0 Å². The van der Waals surface area contributed by atoms with E-state index in [4.69, 9.17) is 0 Å². The predicted octanol–water partition coefficient (Wildman–Crippen LogP) is 3.07. The highest BCUT2D eigenvalue weighted by atomic mass is 35.5. The lowest BCUT2D eigenvalue weighted by Crippen LogP contribution is -2.34. The molecule has 0 spiro atoms. The Morgan fingerprint density at radius 2 is 2.41 bits per heavy atom. The number of nitrogens with zero attached hydrogens (tertiary/aromatic N) is 2. The number of carbonyl (C=O) groups excluding carboxylic acids is 1. The van der Waals surface area contributed by atoms with Gasteiger partial charge in [0.2, 0.25) is 5.91 Å². The molecule has 0 bridgehead atoms. The van der Waals surface area contributed by atoms with Crippen LogP contribution in [0.25, 0.3) is 0 Å². The molecule has 1 fully saturated rings. The second kappa shape index (κ2) is 9.85. The van der Waals surface area contributed by atoms with Crippen LogP contribution in [0.2, 0.25) is 0 Å². The molecule has 1 aliphatic heterocycles. The molecule has 0 aromatic carbocycles. The first kappa shape index (κ1) is 19.0. The summed E-state index contributed by atoms with van der Waals surface area (Å²) in [7, 11) is 0. The number of hydrogen-bond donors (Lipinski definition) is 2. The van der Waals surface area contributed by atoms with E-state index in [2.05, 4.69) is 29.6 Å². The molecule has 0 saturated carbocycles. The fourth-order valence-corrected chi connectivity index (χ4v) is 2.94. The van der Waals surface area contributed by atoms with E-state index in [9.17, 15) is 4.79 Å². The number of aryl methyl sites for hydroxylation is 1. The second-order valence-corrected chi connectivity index (χ2v) is 6.13. The van der Waals surface area contributed by atoms with Gasteiger partial charge >= 0.3 is 0 Å². The van der Waals surface area contributed by atoms with Crippen LogP contribution < -0.4 is 10.6 Å². The summed E-state index contributed by atoms with van der Waals surface area (Å²) in [5.41, 5.74) is 0. The third kappa shape index (κ3) is 5.61. The van der Waals surface area contributed by atoms with Gasteiger partial charge in [0.05, 0.1) is 6.20 Å². The Hall–Kier alpha value is -1.07. The molecule has 2 N–H and O–H groups in total. The number of unbranched alkanes of at least 4 members (excludes halogenated alkanes) is 1. The fourth-order valence-electron chi connectivity index (χ4n) is 2.94. The molecule has 5 nitrogen and oxygen atoms in total. The van der Waals surface area contributed by atoms with Crippen molar-refractivity contribution in [1.29, 1.82) is 0 Å². The van der Waals surface area contributed by atoms with Crippen LogP contribution >= 0.6 is 12.4 Å². The fraction of sp³-hybridized carbons (Fsp3) is 0.750. The number of aromatic nitrogens is 2. The summed E-state index contributed by atoms with van der Waals surface area (Å²) in [6.07, 6.45) is 7.00. The van der Waals surface area contributed by atoms with Gasteiger partial charge in [-0.05, 0) is 44.2 Å². The van der Waals surface area contributed by atoms with Crippen molar-refractivity contribution in [3.8, 4) is 0 Å². The summed E-state index contributed by atoms with van der Waals surface area (Å²) < 4.78 is 1.88. The molecule has 1 aliphatic rings. The van der Waals surface area contributed by atoms with Crippen molar-refractivity contribution >= 4 is 24.1 Å². The van der Waals surface area contributed by atoms with E-state index in [0.717, 1.165) is 38.3 Å². The molecule has 2 rings (SSSR count). The quantitative estimate of drug-likeness (QED) is 0.808. The summed E-state index contributed by atoms with van der Waals surface area (Å²) >= 11 is 0. The monoisotopic (exact) mass is 328 g/mol. The molecule has 6 heteroatoms. The molecule has 126 valence electrons. The highest BCUT2D eigenvalue weighted by molar-refractivity contribution is 5.89. The second-order valence-electron chi connectivity index (χ2n) is 6.13. The van der Waals surface area contributed by atoms with Crippen molar-refractivity contribution in [1.82, 2.24) is 15.1 Å². The third-order valence-electron chi connectivity index (χ3n) is 4.35. The lowest BCUT2D eigenvalue weighted by Gasteiger charge is -2.28. The minimum Gasteiger partial charge on any atom is -0.316 e. The van der Waals surface area contributed by atoms with Crippen LogP contribution in [0.4, 0.5) is 5.82 Å². The summed E-state index contributed by atoms with van der Waals surface area (Å²) in [5, 5.41) is 10.7. The van der Waals surface area contributed by atoms with Crippen LogP contribution in [-0.2, 0) is 11.3 Å². The average Bonchev–Trinajstić information content (AvgIpc) is 2.93. The molecule has 2 heterocycles. The van der Waals surface area contributed by atoms with Gasteiger partial charge in [0.1, 0.15) is 5.82 Å². The molecule has 1 aromatic rings. The van der Waals surface area contributed by atoms with Crippen LogP contribution in [0.15, 0.2) is 12.3 Å². The Labute approximate surface area is 139 Å². The normalized spacial score (nSPS) is 19.3. The van der Waals surface area contributed by atoms with Crippen LogP contribution in [0, 0.1) is 11.8 Å². The van der Waals surface area contributed by atoms with Crippen molar-refractivity contribution in [2.45, 2.75) is 52.5 Å². The maximum absolute atomic E-state index is 12.2. The first-order valence-electron chi connectivity index (χ1n) is 8.23. The third-order valence-corrected chi connectivity index (χ3v) is 4.35.